The minimum atomic E-state index is 0. The number of aromatic hydroxyl groups is 1. The molecule has 0 aromatic heterocycles. The number of hydrogen-bond donors (Lipinski definition) is 3. The number of aliphatic imine (C=N–C) groups is 1. The maximum absolute atomic E-state index is 9.70. The molecule has 1 aromatic carbocycles. The number of nitrogens with zero attached hydrogens (tertiary/aromatic N) is 1. The first-order valence-corrected chi connectivity index (χ1v) is 6.47. The number of guanidine groups is 1. The number of methoxy groups -OCH3 is 1. The van der Waals surface area contributed by atoms with Crippen LogP contribution in [0.2, 0.25) is 0 Å². The van der Waals surface area contributed by atoms with Crippen LogP contribution in [-0.4, -0.2) is 30.8 Å². The summed E-state index contributed by atoms with van der Waals surface area (Å²) >= 11 is 0. The minimum absolute atomic E-state index is 0. The predicted molar refractivity (Wildman–Crippen MR) is 93.2 cm³/mol. The predicted octanol–water partition coefficient (Wildman–Crippen LogP) is 2.48. The second-order valence-corrected chi connectivity index (χ2v) is 4.50. The lowest BCUT2D eigenvalue weighted by Crippen LogP contribution is -2.40. The Morgan fingerprint density at radius 2 is 2.10 bits per heavy atom. The van der Waals surface area contributed by atoms with Crippen molar-refractivity contribution in [3.8, 4) is 11.5 Å². The van der Waals surface area contributed by atoms with Crippen molar-refractivity contribution in [1.82, 2.24) is 10.6 Å². The van der Waals surface area contributed by atoms with Crippen LogP contribution in [0.1, 0.15) is 26.3 Å². The van der Waals surface area contributed by atoms with Crippen LogP contribution in [0.5, 0.6) is 11.5 Å². The van der Waals surface area contributed by atoms with Gasteiger partial charge >= 0.3 is 0 Å². The van der Waals surface area contributed by atoms with E-state index in [9.17, 15) is 5.11 Å². The standard InChI is InChI=1S/C14H23N3O2.HI/c1-5-15-14(17-10(2)3)16-9-11-6-7-13(19-4)12(18)8-11;/h6-8,10,18H,5,9H2,1-4H3,(H2,15,16,17);1H. The number of halogens is 1. The zero-order valence-electron chi connectivity index (χ0n) is 12.4. The van der Waals surface area contributed by atoms with E-state index in [0.29, 0.717) is 18.3 Å². The van der Waals surface area contributed by atoms with Crippen LogP contribution in [0.4, 0.5) is 0 Å². The minimum Gasteiger partial charge on any atom is -0.504 e. The number of phenols is 1. The monoisotopic (exact) mass is 393 g/mol. The highest BCUT2D eigenvalue weighted by atomic mass is 127. The lowest BCUT2D eigenvalue weighted by molar-refractivity contribution is 0.373. The van der Waals surface area contributed by atoms with Crippen LogP contribution in [0, 0.1) is 0 Å². The first-order chi connectivity index (χ1) is 9.06. The molecule has 0 saturated heterocycles. The van der Waals surface area contributed by atoms with Crippen LogP contribution in [0.15, 0.2) is 23.2 Å². The van der Waals surface area contributed by atoms with Gasteiger partial charge in [0.25, 0.3) is 0 Å². The van der Waals surface area contributed by atoms with Crippen LogP contribution in [-0.2, 0) is 6.54 Å². The van der Waals surface area contributed by atoms with Gasteiger partial charge in [-0.1, -0.05) is 6.07 Å². The van der Waals surface area contributed by atoms with Crippen LogP contribution >= 0.6 is 24.0 Å². The third-order valence-corrected chi connectivity index (χ3v) is 2.43. The number of rotatable bonds is 5. The smallest absolute Gasteiger partial charge is 0.191 e. The van der Waals surface area contributed by atoms with Gasteiger partial charge in [-0.3, -0.25) is 0 Å². The summed E-state index contributed by atoms with van der Waals surface area (Å²) in [5.41, 5.74) is 0.930. The van der Waals surface area contributed by atoms with Gasteiger partial charge in [0.1, 0.15) is 0 Å². The molecule has 5 nitrogen and oxygen atoms in total. The third-order valence-electron chi connectivity index (χ3n) is 2.43. The summed E-state index contributed by atoms with van der Waals surface area (Å²) in [6, 6.07) is 5.62. The zero-order valence-corrected chi connectivity index (χ0v) is 14.8. The molecule has 0 heterocycles. The Balaban J connectivity index is 0.00000361. The summed E-state index contributed by atoms with van der Waals surface area (Å²) in [5.74, 6) is 1.38. The van der Waals surface area contributed by atoms with Crippen molar-refractivity contribution in [2.24, 2.45) is 4.99 Å². The van der Waals surface area contributed by atoms with Gasteiger partial charge in [-0.05, 0) is 38.5 Å². The lowest BCUT2D eigenvalue weighted by Gasteiger charge is -2.14. The fraction of sp³-hybridized carbons (Fsp3) is 0.500. The van der Waals surface area contributed by atoms with Crippen molar-refractivity contribution in [3.63, 3.8) is 0 Å². The highest BCUT2D eigenvalue weighted by Crippen LogP contribution is 2.26. The van der Waals surface area contributed by atoms with E-state index in [1.165, 1.54) is 7.11 Å². The van der Waals surface area contributed by atoms with E-state index in [1.54, 1.807) is 12.1 Å². The molecule has 0 amide bonds. The molecule has 0 atom stereocenters. The fourth-order valence-electron chi connectivity index (χ4n) is 1.60. The summed E-state index contributed by atoms with van der Waals surface area (Å²) in [5, 5.41) is 16.1. The fourth-order valence-corrected chi connectivity index (χ4v) is 1.60. The number of nitrogens with one attached hydrogen (secondary N) is 2. The van der Waals surface area contributed by atoms with E-state index in [4.69, 9.17) is 4.74 Å². The molecule has 0 saturated carbocycles. The van der Waals surface area contributed by atoms with E-state index in [-0.39, 0.29) is 29.7 Å². The highest BCUT2D eigenvalue weighted by Gasteiger charge is 2.03. The Morgan fingerprint density at radius 3 is 2.60 bits per heavy atom. The van der Waals surface area contributed by atoms with Gasteiger partial charge in [-0.25, -0.2) is 4.99 Å². The van der Waals surface area contributed by atoms with Gasteiger partial charge in [0.15, 0.2) is 17.5 Å². The van der Waals surface area contributed by atoms with Crippen molar-refractivity contribution < 1.29 is 9.84 Å². The number of phenolic OH excluding ortho intramolecular Hbond substituents is 1. The average Bonchev–Trinajstić information content (AvgIpc) is 2.36. The van der Waals surface area contributed by atoms with E-state index in [2.05, 4.69) is 29.5 Å². The Labute approximate surface area is 137 Å². The van der Waals surface area contributed by atoms with Gasteiger partial charge in [-0.15, -0.1) is 24.0 Å². The maximum atomic E-state index is 9.70. The van der Waals surface area contributed by atoms with Crippen LogP contribution < -0.4 is 15.4 Å². The van der Waals surface area contributed by atoms with Crippen LogP contribution in [0.25, 0.3) is 0 Å². The largest absolute Gasteiger partial charge is 0.504 e. The molecule has 0 aliphatic rings. The number of hydrogen-bond acceptors (Lipinski definition) is 3. The summed E-state index contributed by atoms with van der Waals surface area (Å²) in [6.07, 6.45) is 0. The Bertz CT molecular complexity index is 436. The topological polar surface area (TPSA) is 65.9 Å². The van der Waals surface area contributed by atoms with Crippen molar-refractivity contribution in [2.75, 3.05) is 13.7 Å². The molecule has 1 rings (SSSR count). The molecule has 1 aromatic rings. The molecule has 0 aliphatic carbocycles. The molecule has 3 N–H and O–H groups in total. The summed E-state index contributed by atoms with van der Waals surface area (Å²) in [7, 11) is 1.53. The molecule has 20 heavy (non-hydrogen) atoms. The van der Waals surface area contributed by atoms with E-state index in [1.807, 2.05) is 13.0 Å². The molecular weight excluding hydrogens is 369 g/mol. The number of benzene rings is 1. The summed E-state index contributed by atoms with van der Waals surface area (Å²) < 4.78 is 5.01. The third kappa shape index (κ3) is 6.31. The second kappa shape index (κ2) is 9.68. The first kappa shape index (κ1) is 18.8. The molecule has 0 radical (unpaired) electrons. The van der Waals surface area contributed by atoms with Crippen molar-refractivity contribution in [2.45, 2.75) is 33.4 Å². The van der Waals surface area contributed by atoms with E-state index >= 15 is 0 Å². The normalized spacial score (nSPS) is 10.9. The molecule has 114 valence electrons. The van der Waals surface area contributed by atoms with Gasteiger partial charge in [0.2, 0.25) is 0 Å². The number of ether oxygens (including phenoxy) is 1. The molecule has 0 bridgehead atoms. The quantitative estimate of drug-likeness (QED) is 0.409. The summed E-state index contributed by atoms with van der Waals surface area (Å²) in [4.78, 5) is 4.46. The van der Waals surface area contributed by atoms with Gasteiger partial charge in [0.05, 0.1) is 13.7 Å². The molecule has 0 spiro atoms. The average molecular weight is 393 g/mol. The van der Waals surface area contributed by atoms with E-state index < -0.39 is 0 Å². The van der Waals surface area contributed by atoms with Gasteiger partial charge in [0, 0.05) is 12.6 Å². The van der Waals surface area contributed by atoms with Crippen LogP contribution in [0.3, 0.4) is 0 Å². The lowest BCUT2D eigenvalue weighted by atomic mass is 10.2. The van der Waals surface area contributed by atoms with Gasteiger partial charge in [-0.2, -0.15) is 0 Å². The highest BCUT2D eigenvalue weighted by molar-refractivity contribution is 14.0. The SMILES string of the molecule is CCNC(=NCc1ccc(OC)c(O)c1)NC(C)C.I. The van der Waals surface area contributed by atoms with Crippen molar-refractivity contribution in [3.05, 3.63) is 23.8 Å². The zero-order chi connectivity index (χ0) is 14.3. The molecule has 0 unspecified atom stereocenters. The van der Waals surface area contributed by atoms with Gasteiger partial charge < -0.3 is 20.5 Å². The van der Waals surface area contributed by atoms with Crippen molar-refractivity contribution >= 4 is 29.9 Å². The van der Waals surface area contributed by atoms with E-state index in [0.717, 1.165) is 18.1 Å². The maximum Gasteiger partial charge on any atom is 0.191 e. The Morgan fingerprint density at radius 1 is 1.40 bits per heavy atom. The Hall–Kier alpha value is -1.18. The molecular formula is C14H24IN3O2. The Kier molecular flexibility index (Phi) is 9.11. The molecule has 0 fully saturated rings. The second-order valence-electron chi connectivity index (χ2n) is 4.50. The van der Waals surface area contributed by atoms with Crippen molar-refractivity contribution in [1.29, 1.82) is 0 Å². The molecule has 6 heteroatoms. The molecule has 0 aliphatic heterocycles. The summed E-state index contributed by atoms with van der Waals surface area (Å²) in [6.45, 7) is 7.46. The first-order valence-electron chi connectivity index (χ1n) is 6.47.